The second-order valence-electron chi connectivity index (χ2n) is 10.2. The fourth-order valence-electron chi connectivity index (χ4n) is 4.31. The van der Waals surface area contributed by atoms with Crippen LogP contribution in [0.5, 0.6) is 11.5 Å². The van der Waals surface area contributed by atoms with Gasteiger partial charge in [-0.15, -0.1) is 0 Å². The van der Waals surface area contributed by atoms with Crippen molar-refractivity contribution in [2.24, 2.45) is 5.73 Å². The van der Waals surface area contributed by atoms with Crippen molar-refractivity contribution in [3.8, 4) is 11.5 Å². The Morgan fingerprint density at radius 2 is 0.977 bits per heavy atom. The Kier molecular flexibility index (Phi) is 11.8. The number of amides is 3. The van der Waals surface area contributed by atoms with Gasteiger partial charge in [-0.2, -0.15) is 0 Å². The summed E-state index contributed by atoms with van der Waals surface area (Å²) in [6.45, 7) is 0. The first-order valence-electron chi connectivity index (χ1n) is 13.6. The van der Waals surface area contributed by atoms with Crippen molar-refractivity contribution in [2.75, 3.05) is 0 Å². The second-order valence-corrected chi connectivity index (χ2v) is 10.2. The van der Waals surface area contributed by atoms with Gasteiger partial charge in [-0.05, 0) is 47.4 Å². The number of rotatable bonds is 15. The van der Waals surface area contributed by atoms with E-state index in [2.05, 4.69) is 16.0 Å². The second kappa shape index (κ2) is 15.7. The Labute approximate surface area is 252 Å². The third kappa shape index (κ3) is 10.4. The zero-order valence-corrected chi connectivity index (χ0v) is 23.6. The molecular formula is C31H34N4O9. The standard InChI is InChI=1S/C31H34N4O9/c32-23(14-19-6-10-21(36)11-7-19)28(40)33-24(15-18-4-2-1-3-5-18)29(41)34-25(16-20-8-12-22(37)13-9-20)30(42)35-26(31(43)44)17-27(38)39/h1-13,23-26,36-37H,14-17,32H2,(H,33,40)(H,34,41)(H,35,42)(H,38,39)(H,43,44). The molecule has 3 rings (SSSR count). The van der Waals surface area contributed by atoms with Gasteiger partial charge in [-0.25, -0.2) is 4.79 Å². The lowest BCUT2D eigenvalue weighted by atomic mass is 10.0. The van der Waals surface area contributed by atoms with E-state index in [1.807, 2.05) is 0 Å². The van der Waals surface area contributed by atoms with Crippen molar-refractivity contribution in [3.05, 3.63) is 95.6 Å². The predicted molar refractivity (Wildman–Crippen MR) is 157 cm³/mol. The molecule has 9 N–H and O–H groups in total. The maximum atomic E-state index is 13.6. The largest absolute Gasteiger partial charge is 0.508 e. The highest BCUT2D eigenvalue weighted by Crippen LogP contribution is 2.14. The molecule has 4 unspecified atom stereocenters. The Hall–Kier alpha value is -5.43. The number of nitrogens with one attached hydrogen (secondary N) is 3. The normalized spacial score (nSPS) is 13.5. The van der Waals surface area contributed by atoms with Crippen LogP contribution in [0.2, 0.25) is 0 Å². The maximum Gasteiger partial charge on any atom is 0.326 e. The van der Waals surface area contributed by atoms with Crippen LogP contribution in [-0.4, -0.2) is 74.3 Å². The summed E-state index contributed by atoms with van der Waals surface area (Å²) in [5.74, 6) is -5.41. The number of phenolic OH excluding ortho intramolecular Hbond substituents is 2. The third-order valence-electron chi connectivity index (χ3n) is 6.65. The van der Waals surface area contributed by atoms with Crippen molar-refractivity contribution in [1.82, 2.24) is 16.0 Å². The molecular weight excluding hydrogens is 572 g/mol. The molecule has 44 heavy (non-hydrogen) atoms. The van der Waals surface area contributed by atoms with Crippen LogP contribution in [0.3, 0.4) is 0 Å². The number of nitrogens with two attached hydrogens (primary N) is 1. The number of hydrogen-bond donors (Lipinski definition) is 8. The molecule has 0 saturated carbocycles. The topological polar surface area (TPSA) is 228 Å². The smallest absolute Gasteiger partial charge is 0.326 e. The first kappa shape index (κ1) is 33.1. The molecule has 0 spiro atoms. The van der Waals surface area contributed by atoms with Crippen LogP contribution in [0, 0.1) is 0 Å². The van der Waals surface area contributed by atoms with Crippen LogP contribution in [0.25, 0.3) is 0 Å². The summed E-state index contributed by atoms with van der Waals surface area (Å²) in [6.07, 6.45) is -0.914. The van der Waals surface area contributed by atoms with Gasteiger partial charge in [-0.1, -0.05) is 54.6 Å². The molecule has 3 aromatic rings. The van der Waals surface area contributed by atoms with Crippen LogP contribution in [-0.2, 0) is 43.2 Å². The summed E-state index contributed by atoms with van der Waals surface area (Å²) < 4.78 is 0. The van der Waals surface area contributed by atoms with Crippen molar-refractivity contribution in [3.63, 3.8) is 0 Å². The highest BCUT2D eigenvalue weighted by Gasteiger charge is 2.31. The van der Waals surface area contributed by atoms with Crippen molar-refractivity contribution in [2.45, 2.75) is 49.9 Å². The Balaban J connectivity index is 1.84. The van der Waals surface area contributed by atoms with E-state index < -0.39 is 60.2 Å². The number of hydrogen-bond acceptors (Lipinski definition) is 8. The minimum absolute atomic E-state index is 0.0225. The van der Waals surface area contributed by atoms with Crippen molar-refractivity contribution >= 4 is 29.7 Å². The van der Waals surface area contributed by atoms with E-state index in [1.165, 1.54) is 36.4 Å². The van der Waals surface area contributed by atoms with Gasteiger partial charge in [0.25, 0.3) is 0 Å². The predicted octanol–water partition coefficient (Wildman–Crippen LogP) is 0.467. The summed E-state index contributed by atoms with van der Waals surface area (Å²) in [4.78, 5) is 62.7. The summed E-state index contributed by atoms with van der Waals surface area (Å²) in [7, 11) is 0. The highest BCUT2D eigenvalue weighted by atomic mass is 16.4. The SMILES string of the molecule is NC(Cc1ccc(O)cc1)C(=O)NC(Cc1ccccc1)C(=O)NC(Cc1ccc(O)cc1)C(=O)NC(CC(=O)O)C(=O)O. The van der Waals surface area contributed by atoms with E-state index in [1.54, 1.807) is 42.5 Å². The fraction of sp³-hybridized carbons (Fsp3) is 0.258. The quantitative estimate of drug-likeness (QED) is 0.119. The number of carboxylic acids is 2. The zero-order chi connectivity index (χ0) is 32.2. The molecule has 0 saturated heterocycles. The Morgan fingerprint density at radius 3 is 1.43 bits per heavy atom. The Morgan fingerprint density at radius 1 is 0.568 bits per heavy atom. The van der Waals surface area contributed by atoms with E-state index in [-0.39, 0.29) is 30.8 Å². The van der Waals surface area contributed by atoms with Gasteiger partial charge >= 0.3 is 11.9 Å². The third-order valence-corrected chi connectivity index (χ3v) is 6.65. The fourth-order valence-corrected chi connectivity index (χ4v) is 4.31. The number of aromatic hydroxyl groups is 2. The number of carboxylic acid groups (broad SMARTS) is 2. The van der Waals surface area contributed by atoms with Gasteiger partial charge in [0, 0.05) is 12.8 Å². The van der Waals surface area contributed by atoms with E-state index in [0.29, 0.717) is 16.7 Å². The molecule has 0 aliphatic carbocycles. The minimum atomic E-state index is -1.77. The lowest BCUT2D eigenvalue weighted by Crippen LogP contribution is -2.58. The molecule has 0 aromatic heterocycles. The molecule has 0 bridgehead atoms. The van der Waals surface area contributed by atoms with Gasteiger partial charge in [-0.3, -0.25) is 19.2 Å². The van der Waals surface area contributed by atoms with Gasteiger partial charge < -0.3 is 42.1 Å². The van der Waals surface area contributed by atoms with Crippen LogP contribution >= 0.6 is 0 Å². The van der Waals surface area contributed by atoms with Crippen LogP contribution in [0.4, 0.5) is 0 Å². The Bertz CT molecular complexity index is 1450. The molecule has 0 fully saturated rings. The molecule has 232 valence electrons. The van der Waals surface area contributed by atoms with Crippen molar-refractivity contribution in [1.29, 1.82) is 0 Å². The van der Waals surface area contributed by atoms with Gasteiger partial charge in [0.05, 0.1) is 12.5 Å². The zero-order valence-electron chi connectivity index (χ0n) is 23.6. The number of aliphatic carboxylic acids is 2. The summed E-state index contributed by atoms with van der Waals surface area (Å²) in [5, 5.41) is 45.0. The molecule has 0 aliphatic heterocycles. The monoisotopic (exact) mass is 606 g/mol. The first-order valence-corrected chi connectivity index (χ1v) is 13.6. The maximum absolute atomic E-state index is 13.6. The summed E-state index contributed by atoms with van der Waals surface area (Å²) in [6, 6.07) is 15.2. The number of benzene rings is 3. The minimum Gasteiger partial charge on any atom is -0.508 e. The molecule has 13 nitrogen and oxygen atoms in total. The van der Waals surface area contributed by atoms with E-state index >= 15 is 0 Å². The lowest BCUT2D eigenvalue weighted by Gasteiger charge is -2.25. The van der Waals surface area contributed by atoms with E-state index in [9.17, 15) is 39.3 Å². The van der Waals surface area contributed by atoms with Crippen molar-refractivity contribution < 1.29 is 44.4 Å². The first-order chi connectivity index (χ1) is 20.9. The van der Waals surface area contributed by atoms with Gasteiger partial charge in [0.2, 0.25) is 17.7 Å². The number of carbonyl (C=O) groups is 5. The van der Waals surface area contributed by atoms with Gasteiger partial charge in [0.15, 0.2) is 0 Å². The summed E-state index contributed by atoms with van der Waals surface area (Å²) >= 11 is 0. The number of carbonyl (C=O) groups excluding carboxylic acids is 3. The molecule has 0 radical (unpaired) electrons. The number of phenols is 2. The van der Waals surface area contributed by atoms with Crippen LogP contribution in [0.15, 0.2) is 78.9 Å². The van der Waals surface area contributed by atoms with Crippen LogP contribution in [0.1, 0.15) is 23.1 Å². The molecule has 13 heteroatoms. The summed E-state index contributed by atoms with van der Waals surface area (Å²) in [5.41, 5.74) is 7.98. The lowest BCUT2D eigenvalue weighted by molar-refractivity contribution is -0.147. The average Bonchev–Trinajstić information content (AvgIpc) is 2.98. The molecule has 3 amide bonds. The molecule has 4 atom stereocenters. The molecule has 0 heterocycles. The van der Waals surface area contributed by atoms with E-state index in [0.717, 1.165) is 0 Å². The van der Waals surface area contributed by atoms with Crippen LogP contribution < -0.4 is 21.7 Å². The molecule has 3 aromatic carbocycles. The average molecular weight is 607 g/mol. The molecule has 0 aliphatic rings. The van der Waals surface area contributed by atoms with E-state index in [4.69, 9.17) is 10.8 Å². The van der Waals surface area contributed by atoms with Gasteiger partial charge in [0.1, 0.15) is 29.6 Å². The highest BCUT2D eigenvalue weighted by molar-refractivity contribution is 5.95.